The molecule has 0 saturated heterocycles. The fourth-order valence-corrected chi connectivity index (χ4v) is 1.41. The molecule has 0 amide bonds. The molecule has 2 rings (SSSR count). The molecule has 0 aromatic carbocycles. The number of aryl methyl sites for hydroxylation is 1. The Balaban J connectivity index is 3.19. The third kappa shape index (κ3) is 0.985. The molecule has 0 aliphatic carbocycles. The van der Waals surface area contributed by atoms with E-state index in [4.69, 9.17) is 0 Å². The topological polar surface area (TPSA) is 56.9 Å². The summed E-state index contributed by atoms with van der Waals surface area (Å²) < 4.78 is 2.43. The van der Waals surface area contributed by atoms with E-state index in [0.717, 1.165) is 4.57 Å². The number of nitrogens with zero attached hydrogens (tertiary/aromatic N) is 3. The Bertz CT molecular complexity index is 609. The smallest absolute Gasteiger partial charge is 0.280 e. The molecule has 14 heavy (non-hydrogen) atoms. The first-order valence-corrected chi connectivity index (χ1v) is 4.13. The highest BCUT2D eigenvalue weighted by molar-refractivity contribution is 5.73. The van der Waals surface area contributed by atoms with Gasteiger partial charge >= 0.3 is 5.69 Å². The van der Waals surface area contributed by atoms with Crippen LogP contribution in [0.4, 0.5) is 0 Å². The van der Waals surface area contributed by atoms with Gasteiger partial charge in [0.05, 0.1) is 5.39 Å². The van der Waals surface area contributed by atoms with Crippen LogP contribution in [-0.4, -0.2) is 14.1 Å². The lowest BCUT2D eigenvalue weighted by Gasteiger charge is -2.04. The number of hydrogen-bond donors (Lipinski definition) is 0. The largest absolute Gasteiger partial charge is 0.332 e. The van der Waals surface area contributed by atoms with Crippen LogP contribution in [0.5, 0.6) is 0 Å². The van der Waals surface area contributed by atoms with Gasteiger partial charge in [0.15, 0.2) is 0 Å². The molecule has 5 heteroatoms. The Kier molecular flexibility index (Phi) is 1.73. The zero-order chi connectivity index (χ0) is 10.3. The van der Waals surface area contributed by atoms with E-state index in [1.54, 1.807) is 25.4 Å². The molecule has 0 saturated carbocycles. The number of fused-ring (bicyclic) bond motifs is 1. The van der Waals surface area contributed by atoms with E-state index in [0.29, 0.717) is 11.0 Å². The lowest BCUT2D eigenvalue weighted by molar-refractivity contribution is 0.707. The van der Waals surface area contributed by atoms with Crippen LogP contribution in [0.2, 0.25) is 0 Å². The molecule has 5 nitrogen and oxygen atoms in total. The van der Waals surface area contributed by atoms with Crippen LogP contribution in [0.15, 0.2) is 27.9 Å². The summed E-state index contributed by atoms with van der Waals surface area (Å²) >= 11 is 0. The minimum atomic E-state index is -0.360. The molecule has 2 aromatic rings. The summed E-state index contributed by atoms with van der Waals surface area (Å²) in [6.45, 7) is 0. The van der Waals surface area contributed by atoms with Crippen LogP contribution in [0.3, 0.4) is 0 Å². The molecule has 0 fully saturated rings. The van der Waals surface area contributed by atoms with Gasteiger partial charge in [0, 0.05) is 20.3 Å². The molecule has 0 aliphatic heterocycles. The summed E-state index contributed by atoms with van der Waals surface area (Å²) in [6.07, 6.45) is 1.56. The van der Waals surface area contributed by atoms with Gasteiger partial charge in [-0.1, -0.05) is 0 Å². The van der Waals surface area contributed by atoms with Gasteiger partial charge in [0.2, 0.25) is 0 Å². The summed E-state index contributed by atoms with van der Waals surface area (Å²) in [7, 11) is 3.05. The van der Waals surface area contributed by atoms with E-state index in [-0.39, 0.29) is 11.2 Å². The number of aromatic nitrogens is 3. The molecule has 72 valence electrons. The molecule has 0 spiro atoms. The van der Waals surface area contributed by atoms with Crippen molar-refractivity contribution in [3.8, 4) is 0 Å². The maximum Gasteiger partial charge on any atom is 0.332 e. The van der Waals surface area contributed by atoms with E-state index in [9.17, 15) is 9.59 Å². The highest BCUT2D eigenvalue weighted by Gasteiger charge is 2.07. The highest BCUT2D eigenvalue weighted by Crippen LogP contribution is 2.00. The first kappa shape index (κ1) is 8.68. The van der Waals surface area contributed by atoms with Gasteiger partial charge in [-0.05, 0) is 12.1 Å². The molecule has 2 aromatic heterocycles. The van der Waals surface area contributed by atoms with Crippen LogP contribution >= 0.6 is 0 Å². The molecule has 0 aliphatic rings. The van der Waals surface area contributed by atoms with Gasteiger partial charge < -0.3 is 0 Å². The summed E-state index contributed by atoms with van der Waals surface area (Å²) in [4.78, 5) is 27.1. The van der Waals surface area contributed by atoms with Crippen molar-refractivity contribution in [2.45, 2.75) is 0 Å². The molecule has 0 N–H and O–H groups in total. The first-order valence-electron chi connectivity index (χ1n) is 4.13. The second kappa shape index (κ2) is 2.80. The van der Waals surface area contributed by atoms with Crippen molar-refractivity contribution in [2.24, 2.45) is 14.1 Å². The zero-order valence-corrected chi connectivity index (χ0v) is 7.89. The van der Waals surface area contributed by atoms with Crippen molar-refractivity contribution in [2.75, 3.05) is 0 Å². The Morgan fingerprint density at radius 2 is 1.93 bits per heavy atom. The highest BCUT2D eigenvalue weighted by atomic mass is 16.2. The summed E-state index contributed by atoms with van der Waals surface area (Å²) in [6, 6.07) is 3.33. The maximum absolute atomic E-state index is 11.6. The molecule has 0 atom stereocenters. The first-order chi connectivity index (χ1) is 6.63. The number of pyridine rings is 1. The summed E-state index contributed by atoms with van der Waals surface area (Å²) in [5.74, 6) is 0. The van der Waals surface area contributed by atoms with Crippen molar-refractivity contribution in [3.63, 3.8) is 0 Å². The lowest BCUT2D eigenvalue weighted by Crippen LogP contribution is -2.37. The van der Waals surface area contributed by atoms with E-state index in [1.165, 1.54) is 11.6 Å². The van der Waals surface area contributed by atoms with Crippen molar-refractivity contribution in [1.82, 2.24) is 14.1 Å². The van der Waals surface area contributed by atoms with Gasteiger partial charge in [-0.3, -0.25) is 13.9 Å². The van der Waals surface area contributed by atoms with Crippen LogP contribution in [-0.2, 0) is 14.1 Å². The lowest BCUT2D eigenvalue weighted by atomic mass is 10.3. The van der Waals surface area contributed by atoms with Crippen molar-refractivity contribution >= 4 is 11.0 Å². The Hall–Kier alpha value is -1.91. The van der Waals surface area contributed by atoms with Crippen LogP contribution in [0.25, 0.3) is 11.0 Å². The second-order valence-electron chi connectivity index (χ2n) is 3.08. The average molecular weight is 191 g/mol. The minimum absolute atomic E-state index is 0.309. The van der Waals surface area contributed by atoms with E-state index in [2.05, 4.69) is 4.98 Å². The quantitative estimate of drug-likeness (QED) is 0.571. The Morgan fingerprint density at radius 1 is 1.21 bits per heavy atom. The predicted molar refractivity (Wildman–Crippen MR) is 52.2 cm³/mol. The van der Waals surface area contributed by atoms with Gasteiger partial charge in [-0.15, -0.1) is 0 Å². The van der Waals surface area contributed by atoms with Gasteiger partial charge in [-0.25, -0.2) is 9.78 Å². The monoisotopic (exact) mass is 191 g/mol. The third-order valence-corrected chi connectivity index (χ3v) is 2.21. The molecule has 2 heterocycles. The van der Waals surface area contributed by atoms with Gasteiger partial charge in [0.1, 0.15) is 5.65 Å². The molecule has 0 unspecified atom stereocenters. The number of hydrogen-bond acceptors (Lipinski definition) is 3. The second-order valence-corrected chi connectivity index (χ2v) is 3.08. The average Bonchev–Trinajstić information content (AvgIpc) is 2.23. The maximum atomic E-state index is 11.6. The van der Waals surface area contributed by atoms with Crippen molar-refractivity contribution < 1.29 is 0 Å². The van der Waals surface area contributed by atoms with E-state index < -0.39 is 0 Å². The minimum Gasteiger partial charge on any atom is -0.280 e. The Labute approximate surface area is 79.2 Å². The third-order valence-electron chi connectivity index (χ3n) is 2.21. The number of rotatable bonds is 0. The zero-order valence-electron chi connectivity index (χ0n) is 7.89. The normalized spacial score (nSPS) is 10.7. The predicted octanol–water partition coefficient (Wildman–Crippen LogP) is -0.368. The van der Waals surface area contributed by atoms with Crippen molar-refractivity contribution in [3.05, 3.63) is 39.2 Å². The van der Waals surface area contributed by atoms with Gasteiger partial charge in [-0.2, -0.15) is 0 Å². The molecular formula is C9H9N3O2. The standard InChI is InChI=1S/C9H9N3O2/c1-11-7-6(4-3-5-10-7)8(13)12(2)9(11)14/h3-5H,1-2H3. The summed E-state index contributed by atoms with van der Waals surface area (Å²) in [5.41, 5.74) is -0.252. The van der Waals surface area contributed by atoms with E-state index in [1.807, 2.05) is 0 Å². The SMILES string of the molecule is Cn1c(=O)c2cccnc2n(C)c1=O. The summed E-state index contributed by atoms with van der Waals surface area (Å²) in [5, 5.41) is 0.456. The van der Waals surface area contributed by atoms with Crippen LogP contribution in [0, 0.1) is 0 Å². The molecular weight excluding hydrogens is 182 g/mol. The van der Waals surface area contributed by atoms with Crippen molar-refractivity contribution in [1.29, 1.82) is 0 Å². The van der Waals surface area contributed by atoms with Crippen LogP contribution < -0.4 is 11.2 Å². The van der Waals surface area contributed by atoms with Gasteiger partial charge in [0.25, 0.3) is 5.56 Å². The Morgan fingerprint density at radius 3 is 2.64 bits per heavy atom. The fraction of sp³-hybridized carbons (Fsp3) is 0.222. The van der Waals surface area contributed by atoms with Crippen LogP contribution in [0.1, 0.15) is 0 Å². The molecule has 0 radical (unpaired) electrons. The molecule has 0 bridgehead atoms. The van der Waals surface area contributed by atoms with E-state index >= 15 is 0 Å². The fourth-order valence-electron chi connectivity index (χ4n) is 1.41.